The molecule has 5 nitrogen and oxygen atoms in total. The Morgan fingerprint density at radius 2 is 2.05 bits per heavy atom. The highest BCUT2D eigenvalue weighted by molar-refractivity contribution is 7.89. The molecule has 1 aliphatic rings. The molecule has 112 valence electrons. The molecule has 1 atom stereocenters. The van der Waals surface area contributed by atoms with Crippen molar-refractivity contribution in [2.24, 2.45) is 0 Å². The summed E-state index contributed by atoms with van der Waals surface area (Å²) in [5.41, 5.74) is -1.08. The van der Waals surface area contributed by atoms with Gasteiger partial charge in [-0.3, -0.25) is 0 Å². The predicted octanol–water partition coefficient (Wildman–Crippen LogP) is 0.513. The number of rotatable bonds is 4. The minimum Gasteiger partial charge on any atom is -0.387 e. The van der Waals surface area contributed by atoms with Crippen LogP contribution in [0.1, 0.15) is 6.42 Å². The number of halogens is 1. The molecule has 1 aromatic rings. The number of hydrogen-bond donors (Lipinski definition) is 1. The molecular formula is C13H19FN2O3S. The monoisotopic (exact) mass is 302 g/mol. The maximum Gasteiger partial charge on any atom is 0.246 e. The molecule has 1 unspecified atom stereocenters. The van der Waals surface area contributed by atoms with E-state index in [1.54, 1.807) is 4.90 Å². The molecule has 1 N–H and O–H groups in total. The van der Waals surface area contributed by atoms with E-state index in [1.807, 2.05) is 14.1 Å². The summed E-state index contributed by atoms with van der Waals surface area (Å²) in [5, 5.41) is 10.4. The summed E-state index contributed by atoms with van der Waals surface area (Å²) in [6.07, 6.45) is 0.346. The van der Waals surface area contributed by atoms with E-state index in [0.29, 0.717) is 13.0 Å². The van der Waals surface area contributed by atoms with Gasteiger partial charge in [-0.05, 0) is 32.6 Å². The van der Waals surface area contributed by atoms with Crippen LogP contribution in [0, 0.1) is 5.82 Å². The molecule has 1 aliphatic heterocycles. The summed E-state index contributed by atoms with van der Waals surface area (Å²) < 4.78 is 39.6. The van der Waals surface area contributed by atoms with Crippen molar-refractivity contribution in [3.63, 3.8) is 0 Å². The van der Waals surface area contributed by atoms with Gasteiger partial charge in [-0.15, -0.1) is 0 Å². The fourth-order valence-electron chi connectivity index (χ4n) is 2.54. The van der Waals surface area contributed by atoms with Crippen LogP contribution >= 0.6 is 0 Å². The first-order valence-corrected chi connectivity index (χ1v) is 7.80. The average Bonchev–Trinajstić information content (AvgIpc) is 2.71. The van der Waals surface area contributed by atoms with E-state index in [0.717, 1.165) is 10.4 Å². The van der Waals surface area contributed by atoms with E-state index in [4.69, 9.17) is 0 Å². The number of nitrogens with zero attached hydrogens (tertiary/aromatic N) is 2. The molecule has 1 fully saturated rings. The quantitative estimate of drug-likeness (QED) is 0.880. The SMILES string of the molecule is CN(C)CC1(O)CCN(S(=O)(=O)c2ccccc2F)C1. The van der Waals surface area contributed by atoms with Gasteiger partial charge in [0.25, 0.3) is 0 Å². The number of likely N-dealkylation sites (N-methyl/N-ethyl adjacent to an activating group) is 1. The van der Waals surface area contributed by atoms with Gasteiger partial charge in [0.15, 0.2) is 0 Å². The van der Waals surface area contributed by atoms with Gasteiger partial charge in [0, 0.05) is 19.6 Å². The largest absolute Gasteiger partial charge is 0.387 e. The van der Waals surface area contributed by atoms with Crippen molar-refractivity contribution in [1.29, 1.82) is 0 Å². The zero-order valence-corrected chi connectivity index (χ0v) is 12.4. The first kappa shape index (κ1) is 15.4. The Hall–Kier alpha value is -1.02. The standard InChI is InChI=1S/C13H19FN2O3S/c1-15(2)9-13(17)7-8-16(10-13)20(18,19)12-6-4-3-5-11(12)14/h3-6,17H,7-10H2,1-2H3. The van der Waals surface area contributed by atoms with Crippen LogP contribution in [0.2, 0.25) is 0 Å². The lowest BCUT2D eigenvalue weighted by atomic mass is 10.0. The number of sulfonamides is 1. The van der Waals surface area contributed by atoms with E-state index in [1.165, 1.54) is 18.2 Å². The van der Waals surface area contributed by atoms with Crippen LogP contribution in [0.25, 0.3) is 0 Å². The average molecular weight is 302 g/mol. The second kappa shape index (κ2) is 5.40. The van der Waals surface area contributed by atoms with Crippen molar-refractivity contribution in [1.82, 2.24) is 9.21 Å². The smallest absolute Gasteiger partial charge is 0.246 e. The summed E-state index contributed by atoms with van der Waals surface area (Å²) in [6.45, 7) is 0.555. The molecule has 7 heteroatoms. The van der Waals surface area contributed by atoms with Crippen molar-refractivity contribution in [2.75, 3.05) is 33.7 Å². The molecule has 0 bridgehead atoms. The molecule has 1 aromatic carbocycles. The van der Waals surface area contributed by atoms with Crippen molar-refractivity contribution in [2.45, 2.75) is 16.9 Å². The summed E-state index contributed by atoms with van der Waals surface area (Å²) in [7, 11) is -0.273. The van der Waals surface area contributed by atoms with Crippen molar-refractivity contribution >= 4 is 10.0 Å². The highest BCUT2D eigenvalue weighted by atomic mass is 32.2. The van der Waals surface area contributed by atoms with Gasteiger partial charge in [-0.25, -0.2) is 12.8 Å². The maximum absolute atomic E-state index is 13.7. The Kier molecular flexibility index (Phi) is 4.15. The van der Waals surface area contributed by atoms with E-state index >= 15 is 0 Å². The fraction of sp³-hybridized carbons (Fsp3) is 0.538. The van der Waals surface area contributed by atoms with Gasteiger partial charge in [0.05, 0.1) is 5.60 Å². The molecule has 0 saturated carbocycles. The molecule has 20 heavy (non-hydrogen) atoms. The second-order valence-electron chi connectivity index (χ2n) is 5.48. The lowest BCUT2D eigenvalue weighted by Crippen LogP contribution is -2.43. The Labute approximate surface area is 118 Å². The zero-order valence-electron chi connectivity index (χ0n) is 11.6. The minimum absolute atomic E-state index is 0.0121. The van der Waals surface area contributed by atoms with Crippen molar-refractivity contribution < 1.29 is 17.9 Å². The number of benzene rings is 1. The van der Waals surface area contributed by atoms with Gasteiger partial charge in [0.1, 0.15) is 10.7 Å². The van der Waals surface area contributed by atoms with Crippen LogP contribution in [-0.2, 0) is 10.0 Å². The highest BCUT2D eigenvalue weighted by Crippen LogP contribution is 2.28. The molecule has 1 saturated heterocycles. The Morgan fingerprint density at radius 1 is 1.40 bits per heavy atom. The van der Waals surface area contributed by atoms with E-state index < -0.39 is 21.4 Å². The first-order valence-electron chi connectivity index (χ1n) is 6.36. The van der Waals surface area contributed by atoms with E-state index in [2.05, 4.69) is 0 Å². The van der Waals surface area contributed by atoms with Gasteiger partial charge in [0.2, 0.25) is 10.0 Å². The van der Waals surface area contributed by atoms with Crippen molar-refractivity contribution in [3.8, 4) is 0 Å². The van der Waals surface area contributed by atoms with Crippen molar-refractivity contribution in [3.05, 3.63) is 30.1 Å². The maximum atomic E-state index is 13.7. The Bertz CT molecular complexity index is 591. The summed E-state index contributed by atoms with van der Waals surface area (Å²) in [6, 6.07) is 5.29. The normalized spacial score (nSPS) is 24.4. The molecule has 2 rings (SSSR count). The molecule has 0 amide bonds. The number of β-amino-alcohol motifs (C(OH)–C–C–N with tert-alkyl or cyclic N) is 1. The molecule has 0 radical (unpaired) electrons. The molecule has 1 heterocycles. The molecule has 0 spiro atoms. The van der Waals surface area contributed by atoms with Crippen LogP contribution in [0.3, 0.4) is 0 Å². The van der Waals surface area contributed by atoms with Crippen LogP contribution in [0.15, 0.2) is 29.2 Å². The summed E-state index contributed by atoms with van der Waals surface area (Å²) in [4.78, 5) is 1.47. The van der Waals surface area contributed by atoms with Gasteiger partial charge >= 0.3 is 0 Å². The number of aliphatic hydroxyl groups is 1. The molecule has 0 aliphatic carbocycles. The first-order chi connectivity index (χ1) is 9.24. The third-order valence-corrected chi connectivity index (χ3v) is 5.24. The van der Waals surface area contributed by atoms with Gasteiger partial charge in [-0.2, -0.15) is 4.31 Å². The lowest BCUT2D eigenvalue weighted by molar-refractivity contribution is 0.0302. The lowest BCUT2D eigenvalue weighted by Gasteiger charge is -2.26. The minimum atomic E-state index is -3.90. The second-order valence-corrected chi connectivity index (χ2v) is 7.39. The zero-order chi connectivity index (χ0) is 15.0. The fourth-order valence-corrected chi connectivity index (χ4v) is 4.12. The third kappa shape index (κ3) is 3.01. The Balaban J connectivity index is 2.23. The van der Waals surface area contributed by atoms with Gasteiger partial charge < -0.3 is 10.0 Å². The highest BCUT2D eigenvalue weighted by Gasteiger charge is 2.42. The van der Waals surface area contributed by atoms with Crippen LogP contribution < -0.4 is 0 Å². The third-order valence-electron chi connectivity index (χ3n) is 3.36. The molecular weight excluding hydrogens is 283 g/mol. The summed E-state index contributed by atoms with van der Waals surface area (Å²) >= 11 is 0. The topological polar surface area (TPSA) is 60.9 Å². The molecule has 0 aromatic heterocycles. The van der Waals surface area contributed by atoms with Crippen LogP contribution in [-0.4, -0.2) is 62.1 Å². The Morgan fingerprint density at radius 3 is 2.65 bits per heavy atom. The van der Waals surface area contributed by atoms with Gasteiger partial charge in [-0.1, -0.05) is 12.1 Å². The van der Waals surface area contributed by atoms with Crippen LogP contribution in [0.5, 0.6) is 0 Å². The van der Waals surface area contributed by atoms with E-state index in [-0.39, 0.29) is 18.0 Å². The van der Waals surface area contributed by atoms with E-state index in [9.17, 15) is 17.9 Å². The summed E-state index contributed by atoms with van der Waals surface area (Å²) in [5.74, 6) is -0.768. The van der Waals surface area contributed by atoms with Crippen LogP contribution in [0.4, 0.5) is 4.39 Å². The predicted molar refractivity (Wildman–Crippen MR) is 73.3 cm³/mol. The number of hydrogen-bond acceptors (Lipinski definition) is 4.